The number of benzene rings is 2. The number of anilines is 1. The smallest absolute Gasteiger partial charge is 0.179 e. The summed E-state index contributed by atoms with van der Waals surface area (Å²) in [6.45, 7) is 0. The lowest BCUT2D eigenvalue weighted by Gasteiger charge is -2.04. The largest absolute Gasteiger partial charge is 0.380 e. The Balaban J connectivity index is 2.26. The number of nitrogens with two attached hydrogens (primary N) is 1. The zero-order chi connectivity index (χ0) is 14.1. The Kier molecular flexibility index (Phi) is 2.95. The molecule has 3 nitrogen and oxygen atoms in total. The summed E-state index contributed by atoms with van der Waals surface area (Å²) in [5, 5.41) is 3.62. The van der Waals surface area contributed by atoms with Gasteiger partial charge in [-0.25, -0.2) is 8.78 Å². The molecule has 0 radical (unpaired) electrons. The van der Waals surface area contributed by atoms with Gasteiger partial charge in [0.05, 0.1) is 11.1 Å². The van der Waals surface area contributed by atoms with E-state index in [1.165, 1.54) is 18.2 Å². The molecule has 0 saturated heterocycles. The Morgan fingerprint density at radius 2 is 1.40 bits per heavy atom. The van der Waals surface area contributed by atoms with Crippen LogP contribution in [0.25, 0.3) is 22.5 Å². The fourth-order valence-corrected chi connectivity index (χ4v) is 2.06. The molecule has 3 rings (SSSR count). The van der Waals surface area contributed by atoms with Gasteiger partial charge in [0, 0.05) is 5.56 Å². The first kappa shape index (κ1) is 12.3. The fourth-order valence-electron chi connectivity index (χ4n) is 2.06. The number of hydrogen-bond acceptors (Lipinski definition) is 3. The molecule has 0 aliphatic carbocycles. The van der Waals surface area contributed by atoms with Crippen LogP contribution in [0.1, 0.15) is 0 Å². The first-order valence-corrected chi connectivity index (χ1v) is 5.93. The van der Waals surface area contributed by atoms with Gasteiger partial charge in [-0.05, 0) is 18.2 Å². The maximum Gasteiger partial charge on any atom is 0.179 e. The van der Waals surface area contributed by atoms with Crippen molar-refractivity contribution in [3.8, 4) is 22.5 Å². The zero-order valence-corrected chi connectivity index (χ0v) is 10.3. The minimum absolute atomic E-state index is 0.0216. The summed E-state index contributed by atoms with van der Waals surface area (Å²) < 4.78 is 32.9. The molecule has 0 amide bonds. The summed E-state index contributed by atoms with van der Waals surface area (Å²) in [6, 6.07) is 12.1. The summed E-state index contributed by atoms with van der Waals surface area (Å²) in [5.41, 5.74) is 6.41. The molecule has 0 aliphatic rings. The molecule has 0 fully saturated rings. The average Bonchev–Trinajstić information content (AvgIpc) is 2.82. The fraction of sp³-hybridized carbons (Fsp3) is 0. The maximum atomic E-state index is 13.9. The lowest BCUT2D eigenvalue weighted by atomic mass is 10.0. The van der Waals surface area contributed by atoms with E-state index in [1.54, 1.807) is 30.3 Å². The third-order valence-electron chi connectivity index (χ3n) is 2.98. The van der Waals surface area contributed by atoms with Gasteiger partial charge in [0.2, 0.25) is 0 Å². The van der Waals surface area contributed by atoms with E-state index in [9.17, 15) is 8.78 Å². The third kappa shape index (κ3) is 1.93. The minimum Gasteiger partial charge on any atom is -0.380 e. The Labute approximate surface area is 113 Å². The Morgan fingerprint density at radius 1 is 0.850 bits per heavy atom. The molecular weight excluding hydrogens is 262 g/mol. The molecule has 5 heteroatoms. The molecule has 100 valence electrons. The predicted molar refractivity (Wildman–Crippen MR) is 71.7 cm³/mol. The Hall–Kier alpha value is -2.69. The number of halogens is 2. The molecule has 2 aromatic carbocycles. The van der Waals surface area contributed by atoms with Crippen LogP contribution in [0.4, 0.5) is 14.6 Å². The van der Waals surface area contributed by atoms with E-state index in [1.807, 2.05) is 0 Å². The number of nitrogen functional groups attached to an aromatic ring is 1. The van der Waals surface area contributed by atoms with E-state index >= 15 is 0 Å². The second kappa shape index (κ2) is 4.77. The van der Waals surface area contributed by atoms with Crippen LogP contribution in [0.2, 0.25) is 0 Å². The van der Waals surface area contributed by atoms with Crippen LogP contribution in [0, 0.1) is 11.6 Å². The molecule has 0 atom stereocenters. The summed E-state index contributed by atoms with van der Waals surface area (Å²) in [7, 11) is 0. The second-order valence-electron chi connectivity index (χ2n) is 4.23. The van der Waals surface area contributed by atoms with Crippen molar-refractivity contribution in [1.82, 2.24) is 5.16 Å². The van der Waals surface area contributed by atoms with Gasteiger partial charge < -0.3 is 10.3 Å². The highest BCUT2D eigenvalue weighted by Gasteiger charge is 2.21. The van der Waals surface area contributed by atoms with Crippen molar-refractivity contribution >= 4 is 5.82 Å². The summed E-state index contributed by atoms with van der Waals surface area (Å²) in [4.78, 5) is 0. The molecular formula is C15H10F2N2O. The van der Waals surface area contributed by atoms with Crippen LogP contribution in [-0.2, 0) is 0 Å². The molecule has 0 unspecified atom stereocenters. The number of nitrogens with zero attached hydrogens (tertiary/aromatic N) is 1. The normalized spacial score (nSPS) is 10.7. The predicted octanol–water partition coefficient (Wildman–Crippen LogP) is 3.87. The maximum absolute atomic E-state index is 13.9. The lowest BCUT2D eigenvalue weighted by molar-refractivity contribution is 0.433. The van der Waals surface area contributed by atoms with Gasteiger partial charge in [-0.3, -0.25) is 0 Å². The highest BCUT2D eigenvalue weighted by molar-refractivity contribution is 5.86. The van der Waals surface area contributed by atoms with Gasteiger partial charge >= 0.3 is 0 Å². The van der Waals surface area contributed by atoms with Crippen LogP contribution in [-0.4, -0.2) is 5.16 Å². The van der Waals surface area contributed by atoms with Crippen molar-refractivity contribution in [2.75, 3.05) is 5.73 Å². The van der Waals surface area contributed by atoms with Crippen molar-refractivity contribution in [2.24, 2.45) is 0 Å². The van der Waals surface area contributed by atoms with Gasteiger partial charge in [-0.2, -0.15) is 0 Å². The van der Waals surface area contributed by atoms with E-state index in [-0.39, 0.29) is 28.3 Å². The Morgan fingerprint density at radius 3 is 2.00 bits per heavy atom. The highest BCUT2D eigenvalue weighted by Crippen LogP contribution is 2.38. The monoisotopic (exact) mass is 272 g/mol. The molecule has 0 spiro atoms. The molecule has 2 N–H and O–H groups in total. The first-order chi connectivity index (χ1) is 9.68. The SMILES string of the molecule is Nc1noc(-c2ccccc2F)c1-c1ccccc1F. The molecule has 0 bridgehead atoms. The number of aromatic nitrogens is 1. The van der Waals surface area contributed by atoms with Crippen LogP contribution < -0.4 is 5.73 Å². The molecule has 20 heavy (non-hydrogen) atoms. The van der Waals surface area contributed by atoms with E-state index in [0.29, 0.717) is 0 Å². The van der Waals surface area contributed by atoms with Gasteiger partial charge in [0.1, 0.15) is 11.6 Å². The van der Waals surface area contributed by atoms with Crippen molar-refractivity contribution in [3.63, 3.8) is 0 Å². The van der Waals surface area contributed by atoms with Crippen LogP contribution in [0.3, 0.4) is 0 Å². The van der Waals surface area contributed by atoms with Crippen molar-refractivity contribution in [1.29, 1.82) is 0 Å². The molecule has 0 aliphatic heterocycles. The van der Waals surface area contributed by atoms with Crippen molar-refractivity contribution in [2.45, 2.75) is 0 Å². The molecule has 1 aromatic heterocycles. The van der Waals surface area contributed by atoms with Crippen molar-refractivity contribution < 1.29 is 13.3 Å². The van der Waals surface area contributed by atoms with Crippen molar-refractivity contribution in [3.05, 3.63) is 60.2 Å². The summed E-state index contributed by atoms with van der Waals surface area (Å²) in [5.74, 6) is -0.819. The highest BCUT2D eigenvalue weighted by atomic mass is 19.1. The number of hydrogen-bond donors (Lipinski definition) is 1. The zero-order valence-electron chi connectivity index (χ0n) is 10.3. The molecule has 1 heterocycles. The third-order valence-corrected chi connectivity index (χ3v) is 2.98. The first-order valence-electron chi connectivity index (χ1n) is 5.93. The standard InChI is InChI=1S/C15H10F2N2O/c16-11-7-3-1-5-9(11)13-14(20-19-15(13)18)10-6-2-4-8-12(10)17/h1-8H,(H2,18,19). The molecule has 3 aromatic rings. The second-order valence-corrected chi connectivity index (χ2v) is 4.23. The number of rotatable bonds is 2. The lowest BCUT2D eigenvalue weighted by Crippen LogP contribution is -1.92. The Bertz CT molecular complexity index is 768. The average molecular weight is 272 g/mol. The van der Waals surface area contributed by atoms with Gasteiger partial charge in [0.25, 0.3) is 0 Å². The quantitative estimate of drug-likeness (QED) is 0.770. The topological polar surface area (TPSA) is 52.0 Å². The van der Waals surface area contributed by atoms with Crippen LogP contribution >= 0.6 is 0 Å². The van der Waals surface area contributed by atoms with E-state index < -0.39 is 11.6 Å². The van der Waals surface area contributed by atoms with Gasteiger partial charge in [-0.1, -0.05) is 35.5 Å². The van der Waals surface area contributed by atoms with E-state index in [4.69, 9.17) is 10.3 Å². The van der Waals surface area contributed by atoms with Crippen LogP contribution in [0.5, 0.6) is 0 Å². The summed E-state index contributed by atoms with van der Waals surface area (Å²) >= 11 is 0. The minimum atomic E-state index is -0.485. The van der Waals surface area contributed by atoms with E-state index in [0.717, 1.165) is 0 Å². The summed E-state index contributed by atoms with van der Waals surface area (Å²) in [6.07, 6.45) is 0. The molecule has 0 saturated carbocycles. The van der Waals surface area contributed by atoms with Gasteiger partial charge in [0.15, 0.2) is 11.6 Å². The van der Waals surface area contributed by atoms with Gasteiger partial charge in [-0.15, -0.1) is 0 Å². The van der Waals surface area contributed by atoms with E-state index in [2.05, 4.69) is 5.16 Å². The van der Waals surface area contributed by atoms with Crippen LogP contribution in [0.15, 0.2) is 53.1 Å².